The molecule has 0 saturated heterocycles. The molecule has 3 heteroatoms. The van der Waals surface area contributed by atoms with Crippen LogP contribution in [0.2, 0.25) is 5.02 Å². The summed E-state index contributed by atoms with van der Waals surface area (Å²) in [7, 11) is 0. The highest BCUT2D eigenvalue weighted by Crippen LogP contribution is 2.15. The van der Waals surface area contributed by atoms with Gasteiger partial charge in [-0.1, -0.05) is 47.5 Å². The predicted octanol–water partition coefficient (Wildman–Crippen LogP) is 4.12. The van der Waals surface area contributed by atoms with Gasteiger partial charge in [-0.3, -0.25) is 0 Å². The Morgan fingerprint density at radius 3 is 2.68 bits per heavy atom. The topological polar surface area (TPSA) is 12.0 Å². The van der Waals surface area contributed by atoms with E-state index in [-0.39, 0.29) is 10.8 Å². The van der Waals surface area contributed by atoms with Crippen LogP contribution in [0.4, 0.5) is 4.39 Å². The van der Waals surface area contributed by atoms with Crippen molar-refractivity contribution in [2.45, 2.75) is 19.9 Å². The van der Waals surface area contributed by atoms with Crippen molar-refractivity contribution in [3.05, 3.63) is 70.0 Å². The summed E-state index contributed by atoms with van der Waals surface area (Å²) in [6.45, 7) is 3.61. The second kappa shape index (κ2) is 6.69. The smallest absolute Gasteiger partial charge is 0.142 e. The van der Waals surface area contributed by atoms with Crippen molar-refractivity contribution >= 4 is 11.6 Å². The molecule has 0 fully saturated rings. The minimum atomic E-state index is -0.361. The second-order valence-electron chi connectivity index (χ2n) is 4.66. The van der Waals surface area contributed by atoms with E-state index in [2.05, 4.69) is 36.5 Å². The molecule has 0 aromatic heterocycles. The van der Waals surface area contributed by atoms with Gasteiger partial charge in [0.15, 0.2) is 0 Å². The summed E-state index contributed by atoms with van der Waals surface area (Å²) in [5.41, 5.74) is 3.50. The molecule has 1 nitrogen and oxygen atoms in total. The molecule has 0 saturated carbocycles. The summed E-state index contributed by atoms with van der Waals surface area (Å²) < 4.78 is 13.2. The van der Waals surface area contributed by atoms with Crippen molar-refractivity contribution in [1.29, 1.82) is 0 Å². The van der Waals surface area contributed by atoms with Crippen molar-refractivity contribution in [3.8, 4) is 0 Å². The third-order valence-corrected chi connectivity index (χ3v) is 3.29. The van der Waals surface area contributed by atoms with Crippen LogP contribution in [0.5, 0.6) is 0 Å². The van der Waals surface area contributed by atoms with Crippen LogP contribution in [0.1, 0.15) is 16.7 Å². The molecule has 0 heterocycles. The van der Waals surface area contributed by atoms with Crippen LogP contribution in [-0.4, -0.2) is 6.54 Å². The second-order valence-corrected chi connectivity index (χ2v) is 5.07. The largest absolute Gasteiger partial charge is 0.312 e. The first kappa shape index (κ1) is 14.0. The molecule has 2 aromatic rings. The third kappa shape index (κ3) is 4.34. The van der Waals surface area contributed by atoms with Crippen LogP contribution in [0.15, 0.2) is 42.5 Å². The molecule has 2 rings (SSSR count). The van der Waals surface area contributed by atoms with Crippen LogP contribution in [-0.2, 0) is 13.0 Å². The van der Waals surface area contributed by atoms with Gasteiger partial charge < -0.3 is 5.32 Å². The Hall–Kier alpha value is -1.38. The van der Waals surface area contributed by atoms with E-state index in [1.54, 1.807) is 6.07 Å². The molecule has 100 valence electrons. The molecule has 0 amide bonds. The van der Waals surface area contributed by atoms with E-state index in [9.17, 15) is 4.39 Å². The van der Waals surface area contributed by atoms with E-state index in [4.69, 9.17) is 11.6 Å². The summed E-state index contributed by atoms with van der Waals surface area (Å²) in [5, 5.41) is 3.48. The van der Waals surface area contributed by atoms with Crippen LogP contribution in [0, 0.1) is 12.7 Å². The summed E-state index contributed by atoms with van der Waals surface area (Å²) >= 11 is 5.64. The highest BCUT2D eigenvalue weighted by molar-refractivity contribution is 6.30. The van der Waals surface area contributed by atoms with Gasteiger partial charge in [-0.05, 0) is 43.1 Å². The molecule has 19 heavy (non-hydrogen) atoms. The maximum Gasteiger partial charge on any atom is 0.142 e. The lowest BCUT2D eigenvalue weighted by molar-refractivity contribution is 0.620. The fourth-order valence-corrected chi connectivity index (χ4v) is 2.10. The van der Waals surface area contributed by atoms with Gasteiger partial charge in [0.05, 0.1) is 5.02 Å². The monoisotopic (exact) mass is 277 g/mol. The van der Waals surface area contributed by atoms with Crippen molar-refractivity contribution < 1.29 is 4.39 Å². The molecule has 0 unspecified atom stereocenters. The van der Waals surface area contributed by atoms with Gasteiger partial charge in [0.25, 0.3) is 0 Å². The van der Waals surface area contributed by atoms with Gasteiger partial charge in [0, 0.05) is 6.54 Å². The zero-order valence-corrected chi connectivity index (χ0v) is 11.7. The van der Waals surface area contributed by atoms with E-state index in [0.29, 0.717) is 6.54 Å². The number of benzene rings is 2. The predicted molar refractivity (Wildman–Crippen MR) is 78.0 cm³/mol. The molecule has 0 aliphatic heterocycles. The Bertz CT molecular complexity index is 554. The number of hydrogen-bond acceptors (Lipinski definition) is 1. The van der Waals surface area contributed by atoms with E-state index in [0.717, 1.165) is 18.5 Å². The van der Waals surface area contributed by atoms with Gasteiger partial charge in [0.1, 0.15) is 5.82 Å². The van der Waals surface area contributed by atoms with Crippen molar-refractivity contribution in [2.75, 3.05) is 6.54 Å². The molecule has 1 N–H and O–H groups in total. The molecule has 0 spiro atoms. The fourth-order valence-electron chi connectivity index (χ4n) is 1.98. The lowest BCUT2D eigenvalue weighted by Crippen LogP contribution is -2.16. The first-order chi connectivity index (χ1) is 9.15. The van der Waals surface area contributed by atoms with Crippen LogP contribution in [0.25, 0.3) is 0 Å². The number of halogens is 2. The number of hydrogen-bond donors (Lipinski definition) is 1. The fraction of sp³-hybridized carbons (Fsp3) is 0.250. The maximum absolute atomic E-state index is 13.2. The molecule has 0 bridgehead atoms. The third-order valence-electron chi connectivity index (χ3n) is 2.99. The molecule has 0 radical (unpaired) electrons. The Morgan fingerprint density at radius 1 is 1.11 bits per heavy atom. The molecule has 0 aliphatic carbocycles. The van der Waals surface area contributed by atoms with E-state index in [1.807, 2.05) is 6.07 Å². The van der Waals surface area contributed by atoms with Crippen LogP contribution >= 0.6 is 11.6 Å². The molecular formula is C16H17ClFN. The van der Waals surface area contributed by atoms with E-state index in [1.165, 1.54) is 17.2 Å². The number of nitrogens with one attached hydrogen (secondary N) is 1. The summed E-state index contributed by atoms with van der Waals surface area (Å²) in [6.07, 6.45) is 0.970. The lowest BCUT2D eigenvalue weighted by atomic mass is 10.1. The molecule has 2 aromatic carbocycles. The minimum absolute atomic E-state index is 0.170. The standard InChI is InChI=1S/C16H17ClFN/c1-12-3-2-4-13(9-12)7-8-19-11-14-5-6-15(17)16(18)10-14/h2-6,9-10,19H,7-8,11H2,1H3. The Balaban J connectivity index is 1.79. The molecule has 0 aliphatic rings. The van der Waals surface area contributed by atoms with E-state index >= 15 is 0 Å². The normalized spacial score (nSPS) is 10.7. The molecule has 0 atom stereocenters. The first-order valence-electron chi connectivity index (χ1n) is 6.35. The highest BCUT2D eigenvalue weighted by atomic mass is 35.5. The van der Waals surface area contributed by atoms with Crippen molar-refractivity contribution in [3.63, 3.8) is 0 Å². The average molecular weight is 278 g/mol. The number of aryl methyl sites for hydroxylation is 1. The zero-order valence-electron chi connectivity index (χ0n) is 10.9. The Morgan fingerprint density at radius 2 is 1.95 bits per heavy atom. The van der Waals surface area contributed by atoms with Crippen molar-refractivity contribution in [1.82, 2.24) is 5.32 Å². The average Bonchev–Trinajstić information content (AvgIpc) is 2.39. The quantitative estimate of drug-likeness (QED) is 0.811. The number of rotatable bonds is 5. The lowest BCUT2D eigenvalue weighted by Gasteiger charge is -2.06. The summed E-state index contributed by atoms with van der Waals surface area (Å²) in [6, 6.07) is 13.4. The Labute approximate surface area is 118 Å². The van der Waals surface area contributed by atoms with Crippen LogP contribution in [0.3, 0.4) is 0 Å². The first-order valence-corrected chi connectivity index (χ1v) is 6.73. The maximum atomic E-state index is 13.2. The summed E-state index contributed by atoms with van der Waals surface area (Å²) in [5.74, 6) is -0.361. The van der Waals surface area contributed by atoms with E-state index < -0.39 is 0 Å². The molecular weight excluding hydrogens is 261 g/mol. The zero-order chi connectivity index (χ0) is 13.7. The Kier molecular flexibility index (Phi) is 4.94. The van der Waals surface area contributed by atoms with Crippen molar-refractivity contribution in [2.24, 2.45) is 0 Å². The van der Waals surface area contributed by atoms with Gasteiger partial charge >= 0.3 is 0 Å². The van der Waals surface area contributed by atoms with Gasteiger partial charge in [-0.25, -0.2) is 4.39 Å². The van der Waals surface area contributed by atoms with Gasteiger partial charge in [0.2, 0.25) is 0 Å². The minimum Gasteiger partial charge on any atom is -0.312 e. The van der Waals surface area contributed by atoms with Crippen LogP contribution < -0.4 is 5.32 Å². The van der Waals surface area contributed by atoms with Gasteiger partial charge in [-0.2, -0.15) is 0 Å². The highest BCUT2D eigenvalue weighted by Gasteiger charge is 2.00. The van der Waals surface area contributed by atoms with Gasteiger partial charge in [-0.15, -0.1) is 0 Å². The SMILES string of the molecule is Cc1cccc(CCNCc2ccc(Cl)c(F)c2)c1. The summed E-state index contributed by atoms with van der Waals surface area (Å²) in [4.78, 5) is 0.